The van der Waals surface area contributed by atoms with E-state index in [0.29, 0.717) is 156 Å². The average molecular weight is 732 g/mol. The Morgan fingerprint density at radius 3 is 0.863 bits per heavy atom. The minimum absolute atomic E-state index is 0.214. The van der Waals surface area contributed by atoms with Crippen LogP contribution in [0.2, 0.25) is 0 Å². The van der Waals surface area contributed by atoms with Crippen molar-refractivity contribution in [3.63, 3.8) is 0 Å². The Bertz CT molecular complexity index is 937. The third kappa shape index (κ3) is 23.9. The van der Waals surface area contributed by atoms with Crippen LogP contribution in [-0.2, 0) is 56.8 Å². The first-order chi connectivity index (χ1) is 25.3. The van der Waals surface area contributed by atoms with Gasteiger partial charge in [-0.25, -0.2) is 0 Å². The van der Waals surface area contributed by atoms with Gasteiger partial charge in [-0.15, -0.1) is 0 Å². The number of imide groups is 1. The zero-order chi connectivity index (χ0) is 36.3. The van der Waals surface area contributed by atoms with E-state index in [1.807, 2.05) is 0 Å². The molecule has 1 aliphatic heterocycles. The number of amides is 2. The lowest BCUT2D eigenvalue weighted by molar-refractivity contribution is -0.0284. The van der Waals surface area contributed by atoms with Gasteiger partial charge in [-0.3, -0.25) is 14.5 Å². The molecule has 15 nitrogen and oxygen atoms in total. The molecular formula is C36H61NO14. The second kappa shape index (κ2) is 33.7. The summed E-state index contributed by atoms with van der Waals surface area (Å²) in [4.78, 5) is 25.8. The molecule has 0 aromatic heterocycles. The van der Waals surface area contributed by atoms with E-state index >= 15 is 0 Å². The molecule has 15 heteroatoms. The third-order valence-corrected chi connectivity index (χ3v) is 7.07. The Hall–Kier alpha value is -2.12. The zero-order valence-corrected chi connectivity index (χ0v) is 30.6. The van der Waals surface area contributed by atoms with Gasteiger partial charge >= 0.3 is 0 Å². The van der Waals surface area contributed by atoms with E-state index < -0.39 is 0 Å². The number of nitrogens with zero attached hydrogens (tertiary/aromatic N) is 1. The highest BCUT2D eigenvalue weighted by molar-refractivity contribution is 6.21. The number of ether oxygens (including phenoxy) is 12. The van der Waals surface area contributed by atoms with Crippen molar-refractivity contribution in [2.75, 3.05) is 165 Å². The van der Waals surface area contributed by atoms with Gasteiger partial charge in [0.25, 0.3) is 11.8 Å². The lowest BCUT2D eigenvalue weighted by Gasteiger charge is -2.13. The quantitative estimate of drug-likeness (QED) is 0.0720. The molecule has 1 heterocycles. The number of hydrogen-bond donors (Lipinski definition) is 0. The van der Waals surface area contributed by atoms with Crippen molar-refractivity contribution < 1.29 is 66.4 Å². The van der Waals surface area contributed by atoms with E-state index in [1.165, 1.54) is 4.90 Å². The van der Waals surface area contributed by atoms with Crippen LogP contribution >= 0.6 is 0 Å². The minimum Gasteiger partial charge on any atom is -0.379 e. The second-order valence-corrected chi connectivity index (χ2v) is 11.0. The largest absolute Gasteiger partial charge is 0.379 e. The highest BCUT2D eigenvalue weighted by Crippen LogP contribution is 2.21. The maximum absolute atomic E-state index is 12.3. The monoisotopic (exact) mass is 731 g/mol. The molecule has 2 rings (SSSR count). The molecule has 0 N–H and O–H groups in total. The summed E-state index contributed by atoms with van der Waals surface area (Å²) >= 11 is 0. The SMILES string of the molecule is CCCCOCCOCCOCCOCCOCCOCCOCCOCCOCCOCCOCCOCCN1C(=O)c2ccccc2C1=O. The van der Waals surface area contributed by atoms with Gasteiger partial charge in [0.1, 0.15) is 0 Å². The maximum Gasteiger partial charge on any atom is 0.261 e. The first kappa shape index (κ1) is 45.0. The van der Waals surface area contributed by atoms with Gasteiger partial charge in [-0.05, 0) is 18.6 Å². The predicted molar refractivity (Wildman–Crippen MR) is 187 cm³/mol. The summed E-state index contributed by atoms with van der Waals surface area (Å²) < 4.78 is 65.6. The van der Waals surface area contributed by atoms with Crippen molar-refractivity contribution >= 4 is 11.8 Å². The molecule has 0 aliphatic carbocycles. The smallest absolute Gasteiger partial charge is 0.261 e. The van der Waals surface area contributed by atoms with Gasteiger partial charge < -0.3 is 56.8 Å². The summed E-state index contributed by atoms with van der Waals surface area (Å²) in [7, 11) is 0. The fourth-order valence-electron chi connectivity index (χ4n) is 4.37. The zero-order valence-electron chi connectivity index (χ0n) is 30.6. The van der Waals surface area contributed by atoms with Crippen LogP contribution in [0.4, 0.5) is 0 Å². The molecule has 0 bridgehead atoms. The van der Waals surface area contributed by atoms with Crippen molar-refractivity contribution in [3.8, 4) is 0 Å². The number of benzene rings is 1. The van der Waals surface area contributed by atoms with Crippen LogP contribution in [-0.4, -0.2) is 182 Å². The third-order valence-electron chi connectivity index (χ3n) is 7.07. The molecule has 0 saturated carbocycles. The summed E-state index contributed by atoms with van der Waals surface area (Å²) in [6, 6.07) is 6.82. The molecule has 0 spiro atoms. The molecule has 0 saturated heterocycles. The molecule has 2 amide bonds. The summed E-state index contributed by atoms with van der Waals surface area (Å²) in [5.74, 6) is -0.555. The molecule has 0 unspecified atom stereocenters. The highest BCUT2D eigenvalue weighted by atomic mass is 16.6. The fraction of sp³-hybridized carbons (Fsp3) is 0.778. The number of carbonyl (C=O) groups excluding carboxylic acids is 2. The second-order valence-electron chi connectivity index (χ2n) is 11.0. The Morgan fingerprint density at radius 1 is 0.373 bits per heavy atom. The number of carbonyl (C=O) groups is 2. The molecule has 1 aromatic rings. The molecule has 1 aromatic carbocycles. The van der Waals surface area contributed by atoms with E-state index in [0.717, 1.165) is 19.4 Å². The Balaban J connectivity index is 1.16. The highest BCUT2D eigenvalue weighted by Gasteiger charge is 2.34. The number of rotatable bonds is 39. The fourth-order valence-corrected chi connectivity index (χ4v) is 4.37. The van der Waals surface area contributed by atoms with Crippen LogP contribution in [0.15, 0.2) is 24.3 Å². The molecule has 1 aliphatic rings. The topological polar surface area (TPSA) is 148 Å². The maximum atomic E-state index is 12.3. The lowest BCUT2D eigenvalue weighted by Crippen LogP contribution is -2.33. The standard InChI is InChI=1S/C36H61NO14/c1-2-3-9-40-11-13-42-15-17-44-19-21-46-23-25-48-27-29-50-31-32-51-30-28-49-26-24-47-22-20-45-18-16-43-14-12-41-10-8-37-35(38)33-6-4-5-7-34(33)36(37)39/h4-7H,2-3,8-32H2,1H3. The van der Waals surface area contributed by atoms with Gasteiger partial charge in [-0.1, -0.05) is 25.5 Å². The summed E-state index contributed by atoms with van der Waals surface area (Å²) in [5.41, 5.74) is 0.884. The van der Waals surface area contributed by atoms with Crippen molar-refractivity contribution in [2.24, 2.45) is 0 Å². The predicted octanol–water partition coefficient (Wildman–Crippen LogP) is 2.28. The number of fused-ring (bicyclic) bond motifs is 1. The lowest BCUT2D eigenvalue weighted by atomic mass is 10.1. The number of unbranched alkanes of at least 4 members (excludes halogenated alkanes) is 1. The van der Waals surface area contributed by atoms with Gasteiger partial charge in [0.2, 0.25) is 0 Å². The van der Waals surface area contributed by atoms with Crippen LogP contribution < -0.4 is 0 Å². The van der Waals surface area contributed by atoms with Crippen LogP contribution in [0.5, 0.6) is 0 Å². The minimum atomic E-state index is -0.278. The van der Waals surface area contributed by atoms with Crippen LogP contribution in [0.3, 0.4) is 0 Å². The molecule has 0 fully saturated rings. The summed E-state index contributed by atoms with van der Waals surface area (Å²) in [5, 5.41) is 0. The number of hydrogen-bond acceptors (Lipinski definition) is 14. The van der Waals surface area contributed by atoms with E-state index in [4.69, 9.17) is 56.8 Å². The van der Waals surface area contributed by atoms with Crippen molar-refractivity contribution in [3.05, 3.63) is 35.4 Å². The van der Waals surface area contributed by atoms with Gasteiger partial charge in [0.15, 0.2) is 0 Å². The van der Waals surface area contributed by atoms with Gasteiger partial charge in [0.05, 0.1) is 170 Å². The van der Waals surface area contributed by atoms with E-state index in [-0.39, 0.29) is 25.0 Å². The first-order valence-corrected chi connectivity index (χ1v) is 18.1. The average Bonchev–Trinajstić information content (AvgIpc) is 3.39. The normalized spacial score (nSPS) is 12.8. The van der Waals surface area contributed by atoms with Crippen LogP contribution in [0.25, 0.3) is 0 Å². The van der Waals surface area contributed by atoms with Crippen LogP contribution in [0, 0.1) is 0 Å². The van der Waals surface area contributed by atoms with Crippen molar-refractivity contribution in [1.29, 1.82) is 0 Å². The van der Waals surface area contributed by atoms with E-state index in [2.05, 4.69) is 6.92 Å². The summed E-state index contributed by atoms with van der Waals surface area (Å²) in [6.07, 6.45) is 2.23. The van der Waals surface area contributed by atoms with Crippen LogP contribution in [0.1, 0.15) is 40.5 Å². The Morgan fingerprint density at radius 2 is 0.608 bits per heavy atom. The van der Waals surface area contributed by atoms with E-state index in [1.54, 1.807) is 24.3 Å². The molecule has 0 atom stereocenters. The van der Waals surface area contributed by atoms with E-state index in [9.17, 15) is 9.59 Å². The molecule has 0 radical (unpaired) electrons. The Kier molecular flexibility index (Phi) is 29.8. The molecule has 294 valence electrons. The van der Waals surface area contributed by atoms with Gasteiger partial charge in [-0.2, -0.15) is 0 Å². The summed E-state index contributed by atoms with van der Waals surface area (Å²) in [6.45, 7) is 14.3. The first-order valence-electron chi connectivity index (χ1n) is 18.1. The molecular weight excluding hydrogens is 670 g/mol. The molecule has 51 heavy (non-hydrogen) atoms. The van der Waals surface area contributed by atoms with Gasteiger partial charge in [0, 0.05) is 6.61 Å². The Labute approximate surface area is 303 Å². The van der Waals surface area contributed by atoms with Crippen molar-refractivity contribution in [2.45, 2.75) is 19.8 Å². The van der Waals surface area contributed by atoms with Crippen molar-refractivity contribution in [1.82, 2.24) is 4.90 Å².